The Morgan fingerprint density at radius 2 is 2.00 bits per heavy atom. The number of halogens is 1. The minimum atomic E-state index is 0.667. The van der Waals surface area contributed by atoms with Gasteiger partial charge in [-0.25, -0.2) is 0 Å². The molecular weight excluding hydrogens is 300 g/mol. The molecule has 3 N–H and O–H groups in total. The average Bonchev–Trinajstić information content (AvgIpc) is 2.84. The zero-order valence-electron chi connectivity index (χ0n) is 11.8. The van der Waals surface area contributed by atoms with E-state index in [-0.39, 0.29) is 0 Å². The van der Waals surface area contributed by atoms with Crippen molar-refractivity contribution in [1.29, 1.82) is 0 Å². The molecule has 0 fully saturated rings. The van der Waals surface area contributed by atoms with Crippen LogP contribution in [0, 0.1) is 6.92 Å². The highest BCUT2D eigenvalue weighted by molar-refractivity contribution is 7.99. The maximum Gasteiger partial charge on any atom is 0.0480 e. The molecule has 0 radical (unpaired) electrons. The lowest BCUT2D eigenvalue weighted by molar-refractivity contribution is 0.942. The van der Waals surface area contributed by atoms with E-state index in [1.165, 1.54) is 26.3 Å². The Kier molecular flexibility index (Phi) is 4.24. The first-order valence-corrected chi connectivity index (χ1v) is 8.11. The van der Waals surface area contributed by atoms with Gasteiger partial charge in [0.05, 0.1) is 0 Å². The Labute approximate surface area is 133 Å². The summed E-state index contributed by atoms with van der Waals surface area (Å²) in [4.78, 5) is 5.76. The van der Waals surface area contributed by atoms with Crippen LogP contribution in [0.5, 0.6) is 0 Å². The monoisotopic (exact) mass is 316 g/mol. The summed E-state index contributed by atoms with van der Waals surface area (Å²) < 4.78 is 0. The van der Waals surface area contributed by atoms with Crippen molar-refractivity contribution in [3.05, 3.63) is 58.7 Å². The molecule has 0 aliphatic rings. The molecule has 21 heavy (non-hydrogen) atoms. The highest BCUT2D eigenvalue weighted by atomic mass is 35.5. The smallest absolute Gasteiger partial charge is 0.0480 e. The van der Waals surface area contributed by atoms with Gasteiger partial charge in [0.2, 0.25) is 0 Å². The molecule has 0 bridgehead atoms. The molecule has 4 heteroatoms. The first-order chi connectivity index (χ1) is 10.2. The number of aromatic nitrogens is 1. The van der Waals surface area contributed by atoms with Crippen LogP contribution in [0.1, 0.15) is 11.1 Å². The van der Waals surface area contributed by atoms with Crippen LogP contribution in [0.15, 0.2) is 52.4 Å². The molecular formula is C17H17ClN2S. The topological polar surface area (TPSA) is 41.8 Å². The van der Waals surface area contributed by atoms with E-state index >= 15 is 0 Å². The lowest BCUT2D eigenvalue weighted by Gasteiger charge is -2.09. The predicted molar refractivity (Wildman–Crippen MR) is 91.4 cm³/mol. The van der Waals surface area contributed by atoms with Crippen molar-refractivity contribution in [2.24, 2.45) is 5.73 Å². The first kappa shape index (κ1) is 14.5. The zero-order valence-corrected chi connectivity index (χ0v) is 13.4. The van der Waals surface area contributed by atoms with Crippen molar-refractivity contribution in [3.63, 3.8) is 0 Å². The highest BCUT2D eigenvalue weighted by Gasteiger charge is 2.09. The molecule has 0 amide bonds. The van der Waals surface area contributed by atoms with E-state index in [1.54, 1.807) is 11.8 Å². The van der Waals surface area contributed by atoms with E-state index in [4.69, 9.17) is 17.3 Å². The van der Waals surface area contributed by atoms with Gasteiger partial charge in [0.1, 0.15) is 0 Å². The van der Waals surface area contributed by atoms with Crippen LogP contribution >= 0.6 is 23.4 Å². The Morgan fingerprint density at radius 1 is 1.14 bits per heavy atom. The molecule has 0 atom stereocenters. The van der Waals surface area contributed by atoms with Gasteiger partial charge in [-0.1, -0.05) is 47.1 Å². The molecule has 3 aromatic rings. The summed E-state index contributed by atoms with van der Waals surface area (Å²) in [5, 5.41) is 1.95. The van der Waals surface area contributed by atoms with Gasteiger partial charge in [0.25, 0.3) is 0 Å². The Morgan fingerprint density at radius 3 is 2.81 bits per heavy atom. The molecule has 1 heterocycles. The molecule has 0 aliphatic heterocycles. The Balaban J connectivity index is 1.98. The first-order valence-electron chi connectivity index (χ1n) is 6.91. The summed E-state index contributed by atoms with van der Waals surface area (Å²) in [6, 6.07) is 12.5. The number of aryl methyl sites for hydroxylation is 1. The van der Waals surface area contributed by atoms with Gasteiger partial charge in [-0.2, -0.15) is 0 Å². The molecule has 3 rings (SSSR count). The van der Waals surface area contributed by atoms with Crippen LogP contribution in [-0.4, -0.2) is 11.5 Å². The van der Waals surface area contributed by atoms with Crippen LogP contribution in [0.25, 0.3) is 10.9 Å². The number of benzene rings is 2. The molecule has 0 spiro atoms. The summed E-state index contributed by atoms with van der Waals surface area (Å²) >= 11 is 7.81. The van der Waals surface area contributed by atoms with Gasteiger partial charge >= 0.3 is 0 Å². The van der Waals surface area contributed by atoms with Crippen LogP contribution in [0.4, 0.5) is 0 Å². The summed E-state index contributed by atoms with van der Waals surface area (Å²) in [7, 11) is 0. The van der Waals surface area contributed by atoms with Crippen molar-refractivity contribution in [2.75, 3.05) is 6.54 Å². The average molecular weight is 317 g/mol. The van der Waals surface area contributed by atoms with E-state index in [0.717, 1.165) is 17.0 Å². The van der Waals surface area contributed by atoms with Crippen LogP contribution in [-0.2, 0) is 6.42 Å². The highest BCUT2D eigenvalue weighted by Crippen LogP contribution is 2.36. The Hall–Kier alpha value is -1.42. The number of aromatic amines is 1. The van der Waals surface area contributed by atoms with E-state index in [0.29, 0.717) is 6.54 Å². The second-order valence-electron chi connectivity index (χ2n) is 5.09. The number of nitrogens with one attached hydrogen (secondary N) is 1. The van der Waals surface area contributed by atoms with Crippen molar-refractivity contribution in [1.82, 2.24) is 4.98 Å². The van der Waals surface area contributed by atoms with E-state index < -0.39 is 0 Å². The molecule has 108 valence electrons. The number of nitrogens with two attached hydrogens (primary N) is 1. The molecule has 1 aromatic heterocycles. The number of rotatable bonds is 4. The van der Waals surface area contributed by atoms with Gasteiger partial charge in [-0.05, 0) is 43.7 Å². The third-order valence-electron chi connectivity index (χ3n) is 3.46. The molecule has 2 nitrogen and oxygen atoms in total. The van der Waals surface area contributed by atoms with Gasteiger partial charge in [0.15, 0.2) is 0 Å². The molecule has 0 saturated heterocycles. The molecule has 2 aromatic carbocycles. The maximum atomic E-state index is 6.03. The lowest BCUT2D eigenvalue weighted by Crippen LogP contribution is -2.03. The second-order valence-corrected chi connectivity index (χ2v) is 6.61. The van der Waals surface area contributed by atoms with Crippen molar-refractivity contribution < 1.29 is 0 Å². The van der Waals surface area contributed by atoms with Gasteiger partial charge in [-0.15, -0.1) is 0 Å². The predicted octanol–water partition coefficient (Wildman–Crippen LogP) is 4.78. The fourth-order valence-electron chi connectivity index (χ4n) is 2.43. The summed E-state index contributed by atoms with van der Waals surface area (Å²) in [6.45, 7) is 2.78. The normalized spacial score (nSPS) is 11.2. The van der Waals surface area contributed by atoms with Crippen molar-refractivity contribution >= 4 is 34.3 Å². The minimum absolute atomic E-state index is 0.667. The number of hydrogen-bond acceptors (Lipinski definition) is 2. The second kappa shape index (κ2) is 6.14. The summed E-state index contributed by atoms with van der Waals surface area (Å²) in [6.07, 6.45) is 2.94. The van der Waals surface area contributed by atoms with Gasteiger partial charge in [0, 0.05) is 31.9 Å². The van der Waals surface area contributed by atoms with Crippen LogP contribution in [0.2, 0.25) is 5.02 Å². The largest absolute Gasteiger partial charge is 0.360 e. The number of H-pyrrole nitrogens is 1. The summed E-state index contributed by atoms with van der Waals surface area (Å²) in [5.74, 6) is 0. The van der Waals surface area contributed by atoms with E-state index in [1.807, 2.05) is 18.3 Å². The standard InChI is InChI=1S/C17H17ClN2S/c1-11-2-5-16(12(8-11)6-7-19)21-17-10-20-15-9-13(18)3-4-14(15)17/h2-5,8-10,20H,6-7,19H2,1H3. The molecule has 0 saturated carbocycles. The quantitative estimate of drug-likeness (QED) is 0.727. The third-order valence-corrected chi connectivity index (χ3v) is 4.87. The fourth-order valence-corrected chi connectivity index (χ4v) is 3.68. The zero-order chi connectivity index (χ0) is 14.8. The number of fused-ring (bicyclic) bond motifs is 1. The summed E-state index contributed by atoms with van der Waals surface area (Å²) in [5.41, 5.74) is 9.38. The van der Waals surface area contributed by atoms with E-state index in [2.05, 4.69) is 36.2 Å². The van der Waals surface area contributed by atoms with Crippen LogP contribution in [0.3, 0.4) is 0 Å². The van der Waals surface area contributed by atoms with Crippen molar-refractivity contribution in [3.8, 4) is 0 Å². The SMILES string of the molecule is Cc1ccc(Sc2c[nH]c3cc(Cl)ccc23)c(CCN)c1. The van der Waals surface area contributed by atoms with Crippen LogP contribution < -0.4 is 5.73 Å². The molecule has 0 unspecified atom stereocenters. The van der Waals surface area contributed by atoms with Crippen molar-refractivity contribution in [2.45, 2.75) is 23.1 Å². The van der Waals surface area contributed by atoms with Gasteiger partial charge < -0.3 is 10.7 Å². The van der Waals surface area contributed by atoms with E-state index in [9.17, 15) is 0 Å². The molecule has 0 aliphatic carbocycles. The third kappa shape index (κ3) is 3.10. The Bertz CT molecular complexity index is 780. The number of hydrogen-bond donors (Lipinski definition) is 2. The minimum Gasteiger partial charge on any atom is -0.360 e. The fraction of sp³-hybridized carbons (Fsp3) is 0.176. The lowest BCUT2D eigenvalue weighted by atomic mass is 10.1. The maximum absolute atomic E-state index is 6.03. The van der Waals surface area contributed by atoms with Gasteiger partial charge in [-0.3, -0.25) is 0 Å².